The average Bonchev–Trinajstić information content (AvgIpc) is 2.37. The molecule has 0 aromatic heterocycles. The summed E-state index contributed by atoms with van der Waals surface area (Å²) >= 11 is 0. The van der Waals surface area contributed by atoms with Gasteiger partial charge < -0.3 is 15.5 Å². The fourth-order valence-electron chi connectivity index (χ4n) is 2.66. The Labute approximate surface area is 118 Å². The number of carbonyl (C=O) groups is 1. The summed E-state index contributed by atoms with van der Waals surface area (Å²) in [4.78, 5) is 16.3. The SMILES string of the molecule is CN1CCC(CCC(=O)N(C)CC(C)(C)CN)CC1. The monoisotopic (exact) mass is 269 g/mol. The molecule has 1 rings (SSSR count). The first kappa shape index (κ1) is 16.4. The van der Waals surface area contributed by atoms with E-state index in [0.29, 0.717) is 13.0 Å². The molecule has 0 saturated carbocycles. The van der Waals surface area contributed by atoms with Crippen molar-refractivity contribution in [2.24, 2.45) is 17.1 Å². The van der Waals surface area contributed by atoms with Crippen LogP contribution >= 0.6 is 0 Å². The largest absolute Gasteiger partial charge is 0.345 e. The van der Waals surface area contributed by atoms with E-state index in [-0.39, 0.29) is 11.3 Å². The minimum absolute atomic E-state index is 0.0119. The molecule has 1 amide bonds. The molecule has 1 saturated heterocycles. The normalized spacial score (nSPS) is 18.6. The van der Waals surface area contributed by atoms with Gasteiger partial charge in [-0.25, -0.2) is 0 Å². The van der Waals surface area contributed by atoms with E-state index in [9.17, 15) is 4.79 Å². The van der Waals surface area contributed by atoms with Crippen molar-refractivity contribution in [3.8, 4) is 0 Å². The Hall–Kier alpha value is -0.610. The minimum Gasteiger partial charge on any atom is -0.345 e. The number of hydrogen-bond donors (Lipinski definition) is 1. The third-order valence-electron chi connectivity index (χ3n) is 4.25. The summed E-state index contributed by atoms with van der Waals surface area (Å²) in [5.41, 5.74) is 5.73. The van der Waals surface area contributed by atoms with Gasteiger partial charge in [0.2, 0.25) is 5.91 Å². The van der Waals surface area contributed by atoms with E-state index in [1.807, 2.05) is 11.9 Å². The highest BCUT2D eigenvalue weighted by Gasteiger charge is 2.22. The zero-order chi connectivity index (χ0) is 14.5. The highest BCUT2D eigenvalue weighted by Crippen LogP contribution is 2.22. The van der Waals surface area contributed by atoms with Gasteiger partial charge in [0.1, 0.15) is 0 Å². The van der Waals surface area contributed by atoms with Crippen molar-refractivity contribution in [2.75, 3.05) is 40.3 Å². The summed E-state index contributed by atoms with van der Waals surface area (Å²) < 4.78 is 0. The first-order chi connectivity index (χ1) is 8.84. The summed E-state index contributed by atoms with van der Waals surface area (Å²) in [5.74, 6) is 0.997. The van der Waals surface area contributed by atoms with Gasteiger partial charge in [-0.15, -0.1) is 0 Å². The molecule has 1 heterocycles. The van der Waals surface area contributed by atoms with Gasteiger partial charge in [-0.3, -0.25) is 4.79 Å². The van der Waals surface area contributed by atoms with Crippen molar-refractivity contribution in [1.82, 2.24) is 9.80 Å². The van der Waals surface area contributed by atoms with E-state index in [2.05, 4.69) is 25.8 Å². The molecule has 2 N–H and O–H groups in total. The molecule has 4 heteroatoms. The molecule has 0 bridgehead atoms. The number of nitrogens with two attached hydrogens (primary N) is 1. The summed E-state index contributed by atoms with van der Waals surface area (Å²) in [7, 11) is 4.07. The molecule has 0 atom stereocenters. The van der Waals surface area contributed by atoms with E-state index < -0.39 is 0 Å². The molecule has 1 fully saturated rings. The zero-order valence-electron chi connectivity index (χ0n) is 13.1. The first-order valence-corrected chi connectivity index (χ1v) is 7.46. The van der Waals surface area contributed by atoms with Crippen LogP contribution < -0.4 is 5.73 Å². The topological polar surface area (TPSA) is 49.6 Å². The van der Waals surface area contributed by atoms with Gasteiger partial charge in [-0.1, -0.05) is 13.8 Å². The molecular weight excluding hydrogens is 238 g/mol. The van der Waals surface area contributed by atoms with Crippen LogP contribution in [0.5, 0.6) is 0 Å². The second kappa shape index (κ2) is 7.25. The lowest BCUT2D eigenvalue weighted by molar-refractivity contribution is -0.131. The van der Waals surface area contributed by atoms with Crippen molar-refractivity contribution in [3.63, 3.8) is 0 Å². The molecule has 0 radical (unpaired) electrons. The van der Waals surface area contributed by atoms with Gasteiger partial charge >= 0.3 is 0 Å². The lowest BCUT2D eigenvalue weighted by Crippen LogP contribution is -2.40. The van der Waals surface area contributed by atoms with Crippen molar-refractivity contribution in [3.05, 3.63) is 0 Å². The van der Waals surface area contributed by atoms with Gasteiger partial charge in [0.15, 0.2) is 0 Å². The number of carbonyl (C=O) groups excluding carboxylic acids is 1. The van der Waals surface area contributed by atoms with Gasteiger partial charge in [-0.05, 0) is 57.3 Å². The van der Waals surface area contributed by atoms with Crippen LogP contribution in [0, 0.1) is 11.3 Å². The fourth-order valence-corrected chi connectivity index (χ4v) is 2.66. The molecule has 0 aliphatic carbocycles. The van der Waals surface area contributed by atoms with E-state index in [1.54, 1.807) is 0 Å². The van der Waals surface area contributed by atoms with Crippen molar-refractivity contribution >= 4 is 5.91 Å². The third kappa shape index (κ3) is 5.91. The Morgan fingerprint density at radius 2 is 1.95 bits per heavy atom. The lowest BCUT2D eigenvalue weighted by Gasteiger charge is -2.31. The summed E-state index contributed by atoms with van der Waals surface area (Å²) in [6.45, 7) is 7.92. The molecule has 0 spiro atoms. The number of nitrogens with zero attached hydrogens (tertiary/aromatic N) is 2. The van der Waals surface area contributed by atoms with Gasteiger partial charge in [-0.2, -0.15) is 0 Å². The molecular formula is C15H31N3O. The Kier molecular flexibility index (Phi) is 6.27. The predicted molar refractivity (Wildman–Crippen MR) is 79.9 cm³/mol. The second-order valence-electron chi connectivity index (χ2n) is 6.90. The molecule has 0 aromatic rings. The van der Waals surface area contributed by atoms with E-state index in [1.165, 1.54) is 25.9 Å². The van der Waals surface area contributed by atoms with Crippen molar-refractivity contribution in [2.45, 2.75) is 39.5 Å². The number of piperidine rings is 1. The molecule has 19 heavy (non-hydrogen) atoms. The van der Waals surface area contributed by atoms with E-state index in [4.69, 9.17) is 5.73 Å². The maximum atomic E-state index is 12.1. The van der Waals surface area contributed by atoms with Crippen LogP contribution in [0.25, 0.3) is 0 Å². The Morgan fingerprint density at radius 1 is 1.37 bits per heavy atom. The highest BCUT2D eigenvalue weighted by molar-refractivity contribution is 5.75. The van der Waals surface area contributed by atoms with Gasteiger partial charge in [0.25, 0.3) is 0 Å². The number of amides is 1. The zero-order valence-corrected chi connectivity index (χ0v) is 13.1. The van der Waals surface area contributed by atoms with Gasteiger partial charge in [0, 0.05) is 20.0 Å². The lowest BCUT2D eigenvalue weighted by atomic mass is 9.91. The maximum Gasteiger partial charge on any atom is 0.222 e. The number of likely N-dealkylation sites (tertiary alicyclic amines) is 1. The molecule has 0 aromatic carbocycles. The standard InChI is InChI=1S/C15H31N3O/c1-15(2,11-16)12-18(4)14(19)6-5-13-7-9-17(3)10-8-13/h13H,5-12,16H2,1-4H3. The average molecular weight is 269 g/mol. The predicted octanol–water partition coefficient (Wildman–Crippen LogP) is 1.55. The minimum atomic E-state index is 0.0119. The van der Waals surface area contributed by atoms with E-state index >= 15 is 0 Å². The summed E-state index contributed by atoms with van der Waals surface area (Å²) in [6, 6.07) is 0. The van der Waals surface area contributed by atoms with Gasteiger partial charge in [0.05, 0.1) is 0 Å². The molecule has 4 nitrogen and oxygen atoms in total. The molecule has 1 aliphatic rings. The second-order valence-corrected chi connectivity index (χ2v) is 6.90. The van der Waals surface area contributed by atoms with Crippen molar-refractivity contribution < 1.29 is 4.79 Å². The quantitative estimate of drug-likeness (QED) is 0.796. The van der Waals surface area contributed by atoms with Crippen LogP contribution in [0.4, 0.5) is 0 Å². The van der Waals surface area contributed by atoms with Crippen LogP contribution in [0.15, 0.2) is 0 Å². The number of rotatable bonds is 6. The first-order valence-electron chi connectivity index (χ1n) is 7.46. The maximum absolute atomic E-state index is 12.1. The van der Waals surface area contributed by atoms with Crippen LogP contribution in [0.1, 0.15) is 39.5 Å². The van der Waals surface area contributed by atoms with Crippen LogP contribution in [0.2, 0.25) is 0 Å². The van der Waals surface area contributed by atoms with E-state index in [0.717, 1.165) is 18.9 Å². The van der Waals surface area contributed by atoms with Crippen LogP contribution in [-0.4, -0.2) is 56.0 Å². The molecule has 0 unspecified atom stereocenters. The number of hydrogen-bond acceptors (Lipinski definition) is 3. The van der Waals surface area contributed by atoms with Crippen molar-refractivity contribution in [1.29, 1.82) is 0 Å². The smallest absolute Gasteiger partial charge is 0.222 e. The highest BCUT2D eigenvalue weighted by atomic mass is 16.2. The Bertz CT molecular complexity index is 283. The third-order valence-corrected chi connectivity index (χ3v) is 4.25. The Morgan fingerprint density at radius 3 is 2.47 bits per heavy atom. The fraction of sp³-hybridized carbons (Fsp3) is 0.933. The molecule has 1 aliphatic heterocycles. The van der Waals surface area contributed by atoms with Crippen LogP contribution in [-0.2, 0) is 4.79 Å². The van der Waals surface area contributed by atoms with Crippen LogP contribution in [0.3, 0.4) is 0 Å². The summed E-state index contributed by atoms with van der Waals surface area (Å²) in [6.07, 6.45) is 4.20. The Balaban J connectivity index is 2.27. The summed E-state index contributed by atoms with van der Waals surface area (Å²) in [5, 5.41) is 0. The molecule has 112 valence electrons.